The fourth-order valence-corrected chi connectivity index (χ4v) is 2.53. The van der Waals surface area contributed by atoms with Crippen molar-refractivity contribution < 1.29 is 23.1 Å². The maximum Gasteiger partial charge on any atom is 0.418 e. The molecular weight excluding hydrogens is 319 g/mol. The molecule has 0 atom stereocenters. The molecule has 0 aliphatic heterocycles. The number of carbonyl (C=O) groups is 1. The van der Waals surface area contributed by atoms with Gasteiger partial charge in [0.25, 0.3) is 0 Å². The molecule has 3 rings (SSSR count). The number of para-hydroxylation sites is 1. The molecule has 122 valence electrons. The number of nitrogens with zero attached hydrogens (tertiary/aromatic N) is 1. The first-order chi connectivity index (χ1) is 11.3. The molecule has 0 aliphatic rings. The molecule has 0 bridgehead atoms. The number of alkyl halides is 3. The van der Waals surface area contributed by atoms with E-state index in [1.807, 2.05) is 6.92 Å². The van der Waals surface area contributed by atoms with Crippen LogP contribution < -0.4 is 0 Å². The van der Waals surface area contributed by atoms with Gasteiger partial charge in [0.2, 0.25) is 0 Å². The van der Waals surface area contributed by atoms with Gasteiger partial charge in [-0.1, -0.05) is 42.0 Å². The van der Waals surface area contributed by atoms with Crippen molar-refractivity contribution in [3.8, 4) is 11.3 Å². The van der Waals surface area contributed by atoms with Crippen LogP contribution in [0.4, 0.5) is 13.2 Å². The van der Waals surface area contributed by atoms with Gasteiger partial charge in [-0.25, -0.2) is 9.78 Å². The van der Waals surface area contributed by atoms with Crippen molar-refractivity contribution in [1.29, 1.82) is 0 Å². The van der Waals surface area contributed by atoms with E-state index in [9.17, 15) is 23.1 Å². The number of aromatic nitrogens is 1. The van der Waals surface area contributed by atoms with Crippen LogP contribution in [0.25, 0.3) is 22.2 Å². The van der Waals surface area contributed by atoms with Crippen molar-refractivity contribution in [3.63, 3.8) is 0 Å². The summed E-state index contributed by atoms with van der Waals surface area (Å²) in [6, 6.07) is 11.7. The molecule has 0 radical (unpaired) electrons. The number of hydrogen-bond acceptors (Lipinski definition) is 2. The van der Waals surface area contributed by atoms with E-state index in [0.717, 1.165) is 11.6 Å². The molecule has 0 saturated heterocycles. The molecule has 1 aromatic heterocycles. The molecule has 0 saturated carbocycles. The normalized spacial score (nSPS) is 11.7. The lowest BCUT2D eigenvalue weighted by Crippen LogP contribution is -2.09. The zero-order valence-electron chi connectivity index (χ0n) is 12.6. The largest absolute Gasteiger partial charge is 0.478 e. The molecule has 1 heterocycles. The van der Waals surface area contributed by atoms with E-state index in [1.54, 1.807) is 24.3 Å². The van der Waals surface area contributed by atoms with Crippen LogP contribution in [0.5, 0.6) is 0 Å². The number of fused-ring (bicyclic) bond motifs is 1. The van der Waals surface area contributed by atoms with E-state index in [-0.39, 0.29) is 22.2 Å². The molecule has 2 aromatic carbocycles. The van der Waals surface area contributed by atoms with Crippen LogP contribution in [0.3, 0.4) is 0 Å². The van der Waals surface area contributed by atoms with Crippen LogP contribution in [-0.4, -0.2) is 16.1 Å². The molecule has 3 aromatic rings. The number of aryl methyl sites for hydroxylation is 1. The highest BCUT2D eigenvalue weighted by atomic mass is 19.4. The van der Waals surface area contributed by atoms with Crippen molar-refractivity contribution in [1.82, 2.24) is 4.98 Å². The quantitative estimate of drug-likeness (QED) is 0.724. The van der Waals surface area contributed by atoms with Crippen molar-refractivity contribution in [2.24, 2.45) is 0 Å². The average Bonchev–Trinajstić information content (AvgIpc) is 2.52. The number of pyridine rings is 1. The van der Waals surface area contributed by atoms with Crippen LogP contribution in [0.15, 0.2) is 48.5 Å². The summed E-state index contributed by atoms with van der Waals surface area (Å²) < 4.78 is 39.8. The number of hydrogen-bond donors (Lipinski definition) is 1. The highest BCUT2D eigenvalue weighted by molar-refractivity contribution is 6.04. The van der Waals surface area contributed by atoms with E-state index in [0.29, 0.717) is 5.56 Å². The fraction of sp³-hybridized carbons (Fsp3) is 0.111. The Morgan fingerprint density at radius 3 is 2.33 bits per heavy atom. The first-order valence-corrected chi connectivity index (χ1v) is 7.08. The zero-order valence-corrected chi connectivity index (χ0v) is 12.6. The Labute approximate surface area is 135 Å². The predicted octanol–water partition coefficient (Wildman–Crippen LogP) is 4.93. The van der Waals surface area contributed by atoms with E-state index < -0.39 is 17.7 Å². The molecule has 6 heteroatoms. The Hall–Kier alpha value is -2.89. The second-order valence-electron chi connectivity index (χ2n) is 5.43. The molecule has 0 fully saturated rings. The molecule has 0 unspecified atom stereocenters. The number of aromatic carboxylic acids is 1. The third kappa shape index (κ3) is 2.82. The fourth-order valence-electron chi connectivity index (χ4n) is 2.53. The van der Waals surface area contributed by atoms with E-state index >= 15 is 0 Å². The lowest BCUT2D eigenvalue weighted by Gasteiger charge is -2.13. The number of carboxylic acids is 1. The van der Waals surface area contributed by atoms with Gasteiger partial charge in [0.15, 0.2) is 0 Å². The molecule has 3 nitrogen and oxygen atoms in total. The first kappa shape index (κ1) is 16.0. The summed E-state index contributed by atoms with van der Waals surface area (Å²) in [6.07, 6.45) is -4.62. The molecular formula is C18H12F3NO2. The number of benzene rings is 2. The monoisotopic (exact) mass is 331 g/mol. The lowest BCUT2D eigenvalue weighted by molar-refractivity contribution is -0.136. The maximum absolute atomic E-state index is 13.3. The minimum atomic E-state index is -4.62. The van der Waals surface area contributed by atoms with Crippen LogP contribution in [-0.2, 0) is 6.18 Å². The summed E-state index contributed by atoms with van der Waals surface area (Å²) in [5, 5.41) is 9.35. The highest BCUT2D eigenvalue weighted by Crippen LogP contribution is 2.36. The topological polar surface area (TPSA) is 50.2 Å². The maximum atomic E-state index is 13.3. The SMILES string of the molecule is Cc1ccc(-c2cc(C(=O)O)c3cccc(C(F)(F)F)c3n2)cc1. The van der Waals surface area contributed by atoms with Gasteiger partial charge in [-0.3, -0.25) is 0 Å². The Bertz CT molecular complexity index is 931. The first-order valence-electron chi connectivity index (χ1n) is 7.08. The number of carboxylic acid groups (broad SMARTS) is 1. The lowest BCUT2D eigenvalue weighted by atomic mass is 10.0. The van der Waals surface area contributed by atoms with Gasteiger partial charge in [0.1, 0.15) is 0 Å². The van der Waals surface area contributed by atoms with Crippen molar-refractivity contribution in [2.45, 2.75) is 13.1 Å². The second kappa shape index (κ2) is 5.63. The van der Waals surface area contributed by atoms with Gasteiger partial charge < -0.3 is 5.11 Å². The van der Waals surface area contributed by atoms with Crippen LogP contribution in [0.1, 0.15) is 21.5 Å². The van der Waals surface area contributed by atoms with Gasteiger partial charge >= 0.3 is 12.1 Å². The summed E-state index contributed by atoms with van der Waals surface area (Å²) in [5.74, 6) is -1.30. The summed E-state index contributed by atoms with van der Waals surface area (Å²) in [6.45, 7) is 1.88. The minimum absolute atomic E-state index is 0.0341. The van der Waals surface area contributed by atoms with E-state index in [4.69, 9.17) is 0 Å². The standard InChI is InChI=1S/C18H12F3NO2/c1-10-5-7-11(8-6-10)15-9-13(17(23)24)12-3-2-4-14(16(12)22-15)18(19,20)21/h2-9H,1H3,(H,23,24). The van der Waals surface area contributed by atoms with Crippen LogP contribution in [0.2, 0.25) is 0 Å². The minimum Gasteiger partial charge on any atom is -0.478 e. The zero-order chi connectivity index (χ0) is 17.5. The third-order valence-corrected chi connectivity index (χ3v) is 3.72. The van der Waals surface area contributed by atoms with Crippen LogP contribution >= 0.6 is 0 Å². The average molecular weight is 331 g/mol. The third-order valence-electron chi connectivity index (χ3n) is 3.72. The molecule has 0 amide bonds. The van der Waals surface area contributed by atoms with Crippen LogP contribution in [0, 0.1) is 6.92 Å². The highest BCUT2D eigenvalue weighted by Gasteiger charge is 2.34. The molecule has 1 N–H and O–H groups in total. The Balaban J connectivity index is 2.36. The Kier molecular flexibility index (Phi) is 3.75. The molecule has 0 spiro atoms. The predicted molar refractivity (Wildman–Crippen MR) is 83.9 cm³/mol. The number of halogens is 3. The Morgan fingerprint density at radius 1 is 1.08 bits per heavy atom. The smallest absolute Gasteiger partial charge is 0.418 e. The van der Waals surface area contributed by atoms with E-state index in [1.165, 1.54) is 18.2 Å². The van der Waals surface area contributed by atoms with E-state index in [2.05, 4.69) is 4.98 Å². The summed E-state index contributed by atoms with van der Waals surface area (Å²) in [7, 11) is 0. The van der Waals surface area contributed by atoms with Gasteiger partial charge in [0.05, 0.1) is 22.3 Å². The summed E-state index contributed by atoms with van der Waals surface area (Å²) >= 11 is 0. The Morgan fingerprint density at radius 2 is 1.75 bits per heavy atom. The van der Waals surface area contributed by atoms with Crippen molar-refractivity contribution in [3.05, 3.63) is 65.2 Å². The molecule has 24 heavy (non-hydrogen) atoms. The van der Waals surface area contributed by atoms with Gasteiger partial charge in [-0.2, -0.15) is 13.2 Å². The van der Waals surface area contributed by atoms with Gasteiger partial charge in [0, 0.05) is 10.9 Å². The van der Waals surface area contributed by atoms with Gasteiger partial charge in [-0.15, -0.1) is 0 Å². The molecule has 0 aliphatic carbocycles. The van der Waals surface area contributed by atoms with Crippen molar-refractivity contribution >= 4 is 16.9 Å². The number of rotatable bonds is 2. The van der Waals surface area contributed by atoms with Gasteiger partial charge in [-0.05, 0) is 19.1 Å². The van der Waals surface area contributed by atoms with Crippen molar-refractivity contribution in [2.75, 3.05) is 0 Å². The summed E-state index contributed by atoms with van der Waals surface area (Å²) in [5.41, 5.74) is 0.214. The second-order valence-corrected chi connectivity index (χ2v) is 5.43. The summed E-state index contributed by atoms with van der Waals surface area (Å²) in [4.78, 5) is 15.6.